The van der Waals surface area contributed by atoms with Gasteiger partial charge in [-0.05, 0) is 37.6 Å². The van der Waals surface area contributed by atoms with Crippen LogP contribution in [0.15, 0.2) is 28.8 Å². The topological polar surface area (TPSA) is 97.1 Å². The smallest absolute Gasteiger partial charge is 0.269 e. The van der Waals surface area contributed by atoms with Crippen molar-refractivity contribution in [3.63, 3.8) is 0 Å². The average Bonchev–Trinajstić information content (AvgIpc) is 2.91. The normalized spacial score (nSPS) is 10.3. The number of nitrogens with one attached hydrogen (secondary N) is 2. The van der Waals surface area contributed by atoms with Crippen molar-refractivity contribution in [3.8, 4) is 0 Å². The van der Waals surface area contributed by atoms with Gasteiger partial charge in [0.25, 0.3) is 5.91 Å². The molecule has 0 fully saturated rings. The number of rotatable bonds is 5. The van der Waals surface area contributed by atoms with Gasteiger partial charge in [-0.25, -0.2) is 4.39 Å². The lowest BCUT2D eigenvalue weighted by Gasteiger charge is -2.06. The summed E-state index contributed by atoms with van der Waals surface area (Å²) in [7, 11) is 0. The van der Waals surface area contributed by atoms with E-state index in [0.717, 1.165) is 0 Å². The third kappa shape index (κ3) is 4.65. The van der Waals surface area contributed by atoms with Gasteiger partial charge < -0.3 is 4.52 Å². The molecule has 0 radical (unpaired) electrons. The first-order chi connectivity index (χ1) is 10.5. The molecule has 2 N–H and O–H groups in total. The molecule has 1 aromatic heterocycles. The zero-order chi connectivity index (χ0) is 15.9. The van der Waals surface area contributed by atoms with Crippen LogP contribution in [0.2, 0.25) is 0 Å². The molecule has 8 heteroatoms. The molecule has 22 heavy (non-hydrogen) atoms. The Labute approximate surface area is 125 Å². The number of aromatic nitrogens is 2. The summed E-state index contributed by atoms with van der Waals surface area (Å²) >= 11 is 0. The van der Waals surface area contributed by atoms with E-state index < -0.39 is 11.7 Å². The Balaban J connectivity index is 1.68. The van der Waals surface area contributed by atoms with Crippen LogP contribution in [-0.2, 0) is 11.2 Å². The number of halogens is 1. The van der Waals surface area contributed by atoms with Crippen molar-refractivity contribution in [2.24, 2.45) is 0 Å². The summed E-state index contributed by atoms with van der Waals surface area (Å²) in [4.78, 5) is 27.3. The summed E-state index contributed by atoms with van der Waals surface area (Å²) in [5.74, 6) is -0.268. The lowest BCUT2D eigenvalue weighted by molar-refractivity contribution is -0.121. The Morgan fingerprint density at radius 1 is 1.23 bits per heavy atom. The molecule has 2 rings (SSSR count). The maximum absolute atomic E-state index is 12.7. The van der Waals surface area contributed by atoms with Crippen LogP contribution < -0.4 is 10.9 Å². The maximum Gasteiger partial charge on any atom is 0.269 e. The van der Waals surface area contributed by atoms with Gasteiger partial charge in [-0.1, -0.05) is 5.16 Å². The van der Waals surface area contributed by atoms with E-state index in [-0.39, 0.29) is 17.9 Å². The van der Waals surface area contributed by atoms with E-state index in [1.807, 2.05) is 0 Å². The van der Waals surface area contributed by atoms with Gasteiger partial charge in [0.05, 0.1) is 0 Å². The van der Waals surface area contributed by atoms with E-state index in [1.54, 1.807) is 6.92 Å². The summed E-state index contributed by atoms with van der Waals surface area (Å²) in [5, 5.41) is 3.64. The van der Waals surface area contributed by atoms with Gasteiger partial charge in [-0.15, -0.1) is 0 Å². The molecule has 0 saturated heterocycles. The van der Waals surface area contributed by atoms with E-state index in [9.17, 15) is 14.0 Å². The lowest BCUT2D eigenvalue weighted by Crippen LogP contribution is -2.41. The SMILES string of the molecule is Cc1noc(CCCC(=O)NNC(=O)c2ccc(F)cc2)n1. The molecule has 1 aromatic carbocycles. The summed E-state index contributed by atoms with van der Waals surface area (Å²) < 4.78 is 17.6. The van der Waals surface area contributed by atoms with Crippen molar-refractivity contribution in [1.82, 2.24) is 21.0 Å². The number of nitrogens with zero attached hydrogens (tertiary/aromatic N) is 2. The predicted octanol–water partition coefficient (Wildman–Crippen LogP) is 1.30. The van der Waals surface area contributed by atoms with E-state index in [4.69, 9.17) is 4.52 Å². The number of hydrogen-bond donors (Lipinski definition) is 2. The lowest BCUT2D eigenvalue weighted by atomic mass is 10.2. The van der Waals surface area contributed by atoms with Gasteiger partial charge in [0.2, 0.25) is 11.8 Å². The molecule has 1 heterocycles. The maximum atomic E-state index is 12.7. The van der Waals surface area contributed by atoms with E-state index in [2.05, 4.69) is 21.0 Å². The molecule has 2 amide bonds. The third-order valence-electron chi connectivity index (χ3n) is 2.79. The Morgan fingerprint density at radius 2 is 1.95 bits per heavy atom. The monoisotopic (exact) mass is 306 g/mol. The Kier molecular flexibility index (Phi) is 5.18. The molecule has 0 spiro atoms. The van der Waals surface area contributed by atoms with E-state index >= 15 is 0 Å². The molecule has 0 atom stereocenters. The van der Waals surface area contributed by atoms with Crippen LogP contribution in [0.1, 0.15) is 34.9 Å². The van der Waals surface area contributed by atoms with Crippen LogP contribution in [0.4, 0.5) is 4.39 Å². The number of carbonyl (C=O) groups excluding carboxylic acids is 2. The van der Waals surface area contributed by atoms with Gasteiger partial charge in [0, 0.05) is 18.4 Å². The number of hydrazine groups is 1. The number of hydrogen-bond acceptors (Lipinski definition) is 5. The quantitative estimate of drug-likeness (QED) is 0.812. The summed E-state index contributed by atoms with van der Waals surface area (Å²) in [6.45, 7) is 1.71. The standard InChI is InChI=1S/C14H15FN4O3/c1-9-16-13(22-19-9)4-2-3-12(20)17-18-14(21)10-5-7-11(15)8-6-10/h5-8H,2-4H2,1H3,(H,17,20)(H,18,21). The second-order valence-electron chi connectivity index (χ2n) is 4.60. The second-order valence-corrected chi connectivity index (χ2v) is 4.60. The van der Waals surface area contributed by atoms with Crippen LogP contribution in [0.5, 0.6) is 0 Å². The average molecular weight is 306 g/mol. The van der Waals surface area contributed by atoms with Gasteiger partial charge in [-0.3, -0.25) is 20.4 Å². The molecule has 0 aliphatic carbocycles. The molecule has 2 aromatic rings. The number of benzene rings is 1. The Morgan fingerprint density at radius 3 is 2.59 bits per heavy atom. The first-order valence-corrected chi connectivity index (χ1v) is 6.68. The summed E-state index contributed by atoms with van der Waals surface area (Å²) in [5.41, 5.74) is 4.80. The van der Waals surface area contributed by atoms with Crippen molar-refractivity contribution in [1.29, 1.82) is 0 Å². The van der Waals surface area contributed by atoms with E-state index in [0.29, 0.717) is 24.6 Å². The van der Waals surface area contributed by atoms with Crippen LogP contribution in [0.25, 0.3) is 0 Å². The molecule has 0 aliphatic rings. The number of aryl methyl sites for hydroxylation is 2. The highest BCUT2D eigenvalue weighted by Crippen LogP contribution is 2.03. The highest BCUT2D eigenvalue weighted by Gasteiger charge is 2.08. The predicted molar refractivity (Wildman–Crippen MR) is 74.0 cm³/mol. The van der Waals surface area contributed by atoms with E-state index in [1.165, 1.54) is 24.3 Å². The molecule has 0 unspecified atom stereocenters. The molecule has 0 aliphatic heterocycles. The van der Waals surface area contributed by atoms with Crippen LogP contribution >= 0.6 is 0 Å². The van der Waals surface area contributed by atoms with Gasteiger partial charge >= 0.3 is 0 Å². The molecule has 0 bridgehead atoms. The Hall–Kier alpha value is -2.77. The van der Waals surface area contributed by atoms with Gasteiger partial charge in [0.15, 0.2) is 5.82 Å². The van der Waals surface area contributed by atoms with Crippen molar-refractivity contribution in [2.45, 2.75) is 26.2 Å². The minimum Gasteiger partial charge on any atom is -0.339 e. The fourth-order valence-electron chi connectivity index (χ4n) is 1.70. The van der Waals surface area contributed by atoms with Crippen LogP contribution in [0, 0.1) is 12.7 Å². The molecule has 7 nitrogen and oxygen atoms in total. The van der Waals surface area contributed by atoms with Crippen molar-refractivity contribution in [2.75, 3.05) is 0 Å². The van der Waals surface area contributed by atoms with Crippen molar-refractivity contribution >= 4 is 11.8 Å². The molecular weight excluding hydrogens is 291 g/mol. The van der Waals surface area contributed by atoms with Gasteiger partial charge in [0.1, 0.15) is 5.82 Å². The first kappa shape index (κ1) is 15.6. The Bertz CT molecular complexity index is 654. The number of carbonyl (C=O) groups is 2. The fourth-order valence-corrected chi connectivity index (χ4v) is 1.70. The van der Waals surface area contributed by atoms with Crippen LogP contribution in [-0.4, -0.2) is 22.0 Å². The molecule has 116 valence electrons. The minimum atomic E-state index is -0.513. The molecular formula is C14H15FN4O3. The first-order valence-electron chi connectivity index (χ1n) is 6.68. The van der Waals surface area contributed by atoms with Crippen molar-refractivity contribution in [3.05, 3.63) is 47.4 Å². The summed E-state index contributed by atoms with van der Waals surface area (Å²) in [6, 6.07) is 5.00. The summed E-state index contributed by atoms with van der Waals surface area (Å²) in [6.07, 6.45) is 1.20. The largest absolute Gasteiger partial charge is 0.339 e. The van der Waals surface area contributed by atoms with Crippen LogP contribution in [0.3, 0.4) is 0 Å². The minimum absolute atomic E-state index is 0.200. The van der Waals surface area contributed by atoms with Crippen molar-refractivity contribution < 1.29 is 18.5 Å². The van der Waals surface area contributed by atoms with Gasteiger partial charge in [-0.2, -0.15) is 4.98 Å². The highest BCUT2D eigenvalue weighted by molar-refractivity contribution is 5.95. The number of amides is 2. The zero-order valence-electron chi connectivity index (χ0n) is 11.9. The zero-order valence-corrected chi connectivity index (χ0v) is 11.9. The highest BCUT2D eigenvalue weighted by atomic mass is 19.1. The second kappa shape index (κ2) is 7.30. The third-order valence-corrected chi connectivity index (χ3v) is 2.79. The molecule has 0 saturated carbocycles. The fraction of sp³-hybridized carbons (Fsp3) is 0.286.